The van der Waals surface area contributed by atoms with Crippen LogP contribution >= 0.6 is 0 Å². The second-order valence-electron chi connectivity index (χ2n) is 17.6. The summed E-state index contributed by atoms with van der Waals surface area (Å²) < 4.78 is 0. The van der Waals surface area contributed by atoms with Crippen LogP contribution in [0.5, 0.6) is 5.75 Å². The smallest absolute Gasteiger partial charge is 0.243 e. The number of hydrogen-bond acceptors (Lipinski definition) is 12. The summed E-state index contributed by atoms with van der Waals surface area (Å²) >= 11 is 0. The number of nitrogens with one attached hydrogen (secondary N) is 7. The van der Waals surface area contributed by atoms with Gasteiger partial charge in [0.05, 0.1) is 25.2 Å². The molecule has 2 aromatic carbocycles. The predicted octanol–water partition coefficient (Wildman–Crippen LogP) is -2.68. The van der Waals surface area contributed by atoms with Gasteiger partial charge >= 0.3 is 0 Å². The molecule has 6 atom stereocenters. The Morgan fingerprint density at radius 1 is 0.565 bits per heavy atom. The molecule has 0 aliphatic rings. The van der Waals surface area contributed by atoms with Gasteiger partial charge in [0, 0.05) is 32.1 Å². The van der Waals surface area contributed by atoms with Gasteiger partial charge in [0.2, 0.25) is 41.4 Å². The van der Waals surface area contributed by atoms with Crippen molar-refractivity contribution in [2.24, 2.45) is 56.2 Å². The van der Waals surface area contributed by atoms with E-state index in [0.717, 1.165) is 0 Å². The first kappa shape index (κ1) is 58.1. The Morgan fingerprint density at radius 2 is 1.09 bits per heavy atom. The number of phenolic OH excluding ortho intramolecular Hbond substituents is 1. The molecule has 7 amide bonds. The second kappa shape index (κ2) is 31.1. The standard InChI is InChI=1S/C46H75N15O8/c1-27(2)20-35(40(48)65)60-42(67)34(13-9-19-54-46(51)52)55-24-31(12-8-18-53-45(49)50)58-43(68)36(21-28(3)4)61-44(69)37(23-29-10-6-5-7-11-29)59-39(64)26-56-38(63)25-57-41(66)33(47)22-30-14-16-32(62)17-15-30/h5-7,10-11,14-17,27-28,31,33-37,55,62H,8-9,12-13,18-26,47H2,1-4H3,(H2,48,65)(H,56,63)(H,57,66)(H,58,68)(H,59,64)(H,60,67)(H,61,69)(H4,49,50,53)(H4,51,52,54)/t31-,33-,34-,35+,36-,37-/m0/s1. The summed E-state index contributed by atoms with van der Waals surface area (Å²) in [5.74, 6) is -4.54. The van der Waals surface area contributed by atoms with Crippen LogP contribution < -0.4 is 71.6 Å². The largest absolute Gasteiger partial charge is 0.508 e. The quantitative estimate of drug-likeness (QED) is 0.0202. The van der Waals surface area contributed by atoms with Crippen LogP contribution in [0.15, 0.2) is 64.6 Å². The number of phenols is 1. The molecule has 0 aromatic heterocycles. The van der Waals surface area contributed by atoms with E-state index in [2.05, 4.69) is 47.2 Å². The maximum absolute atomic E-state index is 14.2. The van der Waals surface area contributed by atoms with Gasteiger partial charge in [-0.05, 0) is 80.0 Å². The molecular weight excluding hydrogens is 891 g/mol. The third-order valence-electron chi connectivity index (χ3n) is 10.5. The maximum atomic E-state index is 14.2. The maximum Gasteiger partial charge on any atom is 0.243 e. The summed E-state index contributed by atoms with van der Waals surface area (Å²) in [5.41, 5.74) is 35.1. The van der Waals surface area contributed by atoms with Crippen molar-refractivity contribution in [3.63, 3.8) is 0 Å². The SMILES string of the molecule is CC(C)C[C@H](NC(=O)[C@H](Cc1ccccc1)NC(=O)CNC(=O)CNC(=O)[C@@H](N)Cc1ccc(O)cc1)C(=O)N[C@@H](CCCN=C(N)N)CN[C@@H](CCCN=C(N)N)C(=O)N[C@H](CC(C)C)C(N)=O. The second-order valence-corrected chi connectivity index (χ2v) is 17.6. The van der Waals surface area contributed by atoms with E-state index in [1.807, 2.05) is 27.7 Å². The number of primary amides is 1. The fraction of sp³-hybridized carbons (Fsp3) is 0.543. The number of carbonyl (C=O) groups excluding carboxylic acids is 7. The molecule has 0 unspecified atom stereocenters. The summed E-state index contributed by atoms with van der Waals surface area (Å²) in [7, 11) is 0. The molecule has 2 aromatic rings. The highest BCUT2D eigenvalue weighted by atomic mass is 16.3. The minimum absolute atomic E-state index is 0.0368. The molecule has 0 bridgehead atoms. The van der Waals surface area contributed by atoms with Gasteiger partial charge in [0.1, 0.15) is 23.9 Å². The molecule has 23 nitrogen and oxygen atoms in total. The van der Waals surface area contributed by atoms with Crippen molar-refractivity contribution < 1.29 is 38.7 Å². The molecule has 2 rings (SSSR count). The monoisotopic (exact) mass is 966 g/mol. The number of nitrogens with two attached hydrogens (primary N) is 6. The summed E-state index contributed by atoms with van der Waals surface area (Å²) in [6, 6.07) is 9.40. The van der Waals surface area contributed by atoms with Gasteiger partial charge in [-0.25, -0.2) is 0 Å². The van der Waals surface area contributed by atoms with Gasteiger partial charge < -0.3 is 76.7 Å². The van der Waals surface area contributed by atoms with E-state index in [1.165, 1.54) is 12.1 Å². The number of amides is 7. The molecule has 0 saturated carbocycles. The van der Waals surface area contributed by atoms with E-state index in [9.17, 15) is 38.7 Å². The topological polar surface area (TPSA) is 405 Å². The zero-order chi connectivity index (χ0) is 51.5. The van der Waals surface area contributed by atoms with Gasteiger partial charge in [0.15, 0.2) is 11.9 Å². The van der Waals surface area contributed by atoms with Crippen molar-refractivity contribution in [1.29, 1.82) is 0 Å². The van der Waals surface area contributed by atoms with Crippen LogP contribution in [0.4, 0.5) is 0 Å². The molecule has 0 spiro atoms. The van der Waals surface area contributed by atoms with Crippen molar-refractivity contribution in [3.8, 4) is 5.75 Å². The third kappa shape index (κ3) is 25.1. The minimum atomic E-state index is -1.19. The van der Waals surface area contributed by atoms with Crippen LogP contribution in [0.2, 0.25) is 0 Å². The Balaban J connectivity index is 2.24. The zero-order valence-corrected chi connectivity index (χ0v) is 40.2. The first-order chi connectivity index (χ1) is 32.6. The van der Waals surface area contributed by atoms with Gasteiger partial charge in [-0.3, -0.25) is 43.5 Å². The number of benzene rings is 2. The Kier molecular flexibility index (Phi) is 26.2. The van der Waals surface area contributed by atoms with Crippen LogP contribution in [0.3, 0.4) is 0 Å². The number of rotatable bonds is 32. The van der Waals surface area contributed by atoms with Gasteiger partial charge in [-0.15, -0.1) is 0 Å². The van der Waals surface area contributed by atoms with Gasteiger partial charge in [-0.1, -0.05) is 70.2 Å². The number of guanidine groups is 2. The van der Waals surface area contributed by atoms with E-state index < -0.39 is 90.7 Å². The first-order valence-electron chi connectivity index (χ1n) is 23.1. The molecule has 0 aliphatic heterocycles. The fourth-order valence-electron chi connectivity index (χ4n) is 6.97. The lowest BCUT2D eigenvalue weighted by molar-refractivity contribution is -0.133. The summed E-state index contributed by atoms with van der Waals surface area (Å²) in [6.07, 6.45) is 2.13. The third-order valence-corrected chi connectivity index (χ3v) is 10.5. The Hall–Kier alpha value is -7.01. The Morgan fingerprint density at radius 3 is 1.67 bits per heavy atom. The Bertz CT molecular complexity index is 2010. The van der Waals surface area contributed by atoms with E-state index in [-0.39, 0.29) is 74.8 Å². The van der Waals surface area contributed by atoms with E-state index in [1.54, 1.807) is 42.5 Å². The molecule has 20 N–H and O–H groups in total. The lowest BCUT2D eigenvalue weighted by Gasteiger charge is -2.28. The van der Waals surface area contributed by atoms with Crippen molar-refractivity contribution in [3.05, 3.63) is 65.7 Å². The number of carbonyl (C=O) groups is 7. The molecular formula is C46H75N15O8. The number of nitrogens with zero attached hydrogens (tertiary/aromatic N) is 2. The average molecular weight is 966 g/mol. The lowest BCUT2D eigenvalue weighted by atomic mass is 10.00. The van der Waals surface area contributed by atoms with Crippen LogP contribution in [0, 0.1) is 11.8 Å². The summed E-state index contributed by atoms with van der Waals surface area (Å²) in [6.45, 7) is 7.08. The molecule has 382 valence electrons. The summed E-state index contributed by atoms with van der Waals surface area (Å²) in [5, 5.41) is 28.8. The number of hydrogen-bond donors (Lipinski definition) is 14. The fourth-order valence-corrected chi connectivity index (χ4v) is 6.97. The molecule has 0 radical (unpaired) electrons. The Labute approximate surface area is 404 Å². The van der Waals surface area contributed by atoms with Crippen LogP contribution in [-0.2, 0) is 46.4 Å². The van der Waals surface area contributed by atoms with Crippen molar-refractivity contribution in [2.45, 2.75) is 115 Å². The summed E-state index contributed by atoms with van der Waals surface area (Å²) in [4.78, 5) is 101. The predicted molar refractivity (Wildman–Crippen MR) is 263 cm³/mol. The molecule has 23 heteroatoms. The number of aliphatic imine (C=N–C) groups is 2. The molecule has 0 fully saturated rings. The average Bonchev–Trinajstić information content (AvgIpc) is 3.28. The molecule has 0 saturated heterocycles. The van der Waals surface area contributed by atoms with Crippen LogP contribution in [0.1, 0.15) is 77.3 Å². The normalized spacial score (nSPS) is 13.6. The lowest BCUT2D eigenvalue weighted by Crippen LogP contribution is -2.58. The van der Waals surface area contributed by atoms with Crippen molar-refractivity contribution in [2.75, 3.05) is 32.7 Å². The molecule has 69 heavy (non-hydrogen) atoms. The van der Waals surface area contributed by atoms with Crippen LogP contribution in [0.25, 0.3) is 0 Å². The van der Waals surface area contributed by atoms with E-state index in [4.69, 9.17) is 34.4 Å². The van der Waals surface area contributed by atoms with Crippen molar-refractivity contribution >= 4 is 53.3 Å². The minimum Gasteiger partial charge on any atom is -0.508 e. The highest BCUT2D eigenvalue weighted by Gasteiger charge is 2.30. The highest BCUT2D eigenvalue weighted by molar-refractivity contribution is 5.94. The number of aromatic hydroxyl groups is 1. The first-order valence-corrected chi connectivity index (χ1v) is 23.1. The highest BCUT2D eigenvalue weighted by Crippen LogP contribution is 2.13. The zero-order valence-electron chi connectivity index (χ0n) is 40.2. The van der Waals surface area contributed by atoms with Gasteiger partial charge in [0.25, 0.3) is 0 Å². The van der Waals surface area contributed by atoms with Gasteiger partial charge in [-0.2, -0.15) is 0 Å². The van der Waals surface area contributed by atoms with Crippen molar-refractivity contribution in [1.82, 2.24) is 37.2 Å². The van der Waals surface area contributed by atoms with E-state index >= 15 is 0 Å². The van der Waals surface area contributed by atoms with E-state index in [0.29, 0.717) is 36.8 Å². The molecule has 0 aliphatic carbocycles. The van der Waals surface area contributed by atoms with Crippen LogP contribution in [-0.4, -0.2) is 127 Å². The molecule has 0 heterocycles.